The molecule has 3 rings (SSSR count). The first-order chi connectivity index (χ1) is 15.5. The van der Waals surface area contributed by atoms with Crippen LogP contribution in [0.15, 0.2) is 72.0 Å². The van der Waals surface area contributed by atoms with Gasteiger partial charge in [-0.15, -0.1) is 0 Å². The highest BCUT2D eigenvalue weighted by molar-refractivity contribution is 5.79. The highest BCUT2D eigenvalue weighted by Gasteiger charge is 2.09. The number of aliphatic hydroxyl groups is 1. The van der Waals surface area contributed by atoms with Crippen LogP contribution in [0.4, 0.5) is 8.78 Å². The van der Waals surface area contributed by atoms with Crippen molar-refractivity contribution < 1.29 is 18.6 Å². The molecule has 0 fully saturated rings. The van der Waals surface area contributed by atoms with Crippen LogP contribution in [-0.2, 0) is 6.42 Å². The van der Waals surface area contributed by atoms with Gasteiger partial charge < -0.3 is 20.5 Å². The Balaban J connectivity index is 1.49. The van der Waals surface area contributed by atoms with Crippen LogP contribution >= 0.6 is 0 Å². The molecule has 3 aromatic rings. The smallest absolute Gasteiger partial charge is 0.387 e. The van der Waals surface area contributed by atoms with Crippen molar-refractivity contribution >= 4 is 5.96 Å². The summed E-state index contributed by atoms with van der Waals surface area (Å²) in [6.45, 7) is 0.563. The number of aliphatic hydroxyl groups excluding tert-OH is 1. The first kappa shape index (κ1) is 23.2. The van der Waals surface area contributed by atoms with Gasteiger partial charge in [0, 0.05) is 25.5 Å². The molecule has 3 N–H and O–H groups in total. The molecule has 2 aromatic carbocycles. The summed E-state index contributed by atoms with van der Waals surface area (Å²) in [5.74, 6) is 0.643. The fraction of sp³-hybridized carbons (Fsp3) is 0.304. The molecule has 0 spiro atoms. The fourth-order valence-electron chi connectivity index (χ4n) is 3.06. The molecule has 0 saturated heterocycles. The predicted molar refractivity (Wildman–Crippen MR) is 119 cm³/mol. The summed E-state index contributed by atoms with van der Waals surface area (Å²) in [5.41, 5.74) is 2.75. The summed E-state index contributed by atoms with van der Waals surface area (Å²) >= 11 is 0. The van der Waals surface area contributed by atoms with Crippen LogP contribution in [-0.4, -0.2) is 47.1 Å². The maximum Gasteiger partial charge on any atom is 0.387 e. The molecule has 0 saturated carbocycles. The summed E-state index contributed by atoms with van der Waals surface area (Å²) in [7, 11) is 0. The van der Waals surface area contributed by atoms with E-state index < -0.39 is 12.7 Å². The van der Waals surface area contributed by atoms with E-state index in [1.807, 2.05) is 36.0 Å². The molecule has 9 heteroatoms. The monoisotopic (exact) mass is 443 g/mol. The van der Waals surface area contributed by atoms with Gasteiger partial charge in [-0.2, -0.15) is 13.9 Å². The Morgan fingerprint density at radius 3 is 2.50 bits per heavy atom. The van der Waals surface area contributed by atoms with Crippen molar-refractivity contribution in [2.75, 3.05) is 19.6 Å². The number of hydrogen-bond donors (Lipinski definition) is 3. The van der Waals surface area contributed by atoms with Gasteiger partial charge in [-0.3, -0.25) is 4.99 Å². The van der Waals surface area contributed by atoms with Crippen LogP contribution < -0.4 is 15.4 Å². The van der Waals surface area contributed by atoms with Crippen LogP contribution in [0.5, 0.6) is 5.75 Å². The van der Waals surface area contributed by atoms with Crippen molar-refractivity contribution in [3.63, 3.8) is 0 Å². The van der Waals surface area contributed by atoms with Gasteiger partial charge in [0.05, 0.1) is 18.3 Å². The molecule has 1 aromatic heterocycles. The van der Waals surface area contributed by atoms with E-state index in [0.717, 1.165) is 12.1 Å². The van der Waals surface area contributed by atoms with Gasteiger partial charge in [0.1, 0.15) is 5.75 Å². The van der Waals surface area contributed by atoms with E-state index in [0.29, 0.717) is 24.6 Å². The lowest BCUT2D eigenvalue weighted by molar-refractivity contribution is -0.0498. The fourth-order valence-corrected chi connectivity index (χ4v) is 3.06. The minimum atomic E-state index is -2.88. The van der Waals surface area contributed by atoms with Crippen molar-refractivity contribution in [3.8, 4) is 11.4 Å². The lowest BCUT2D eigenvalue weighted by Crippen LogP contribution is -2.38. The van der Waals surface area contributed by atoms with E-state index in [-0.39, 0.29) is 12.3 Å². The Kier molecular flexibility index (Phi) is 8.56. The van der Waals surface area contributed by atoms with Gasteiger partial charge in [-0.05, 0) is 54.8 Å². The quantitative estimate of drug-likeness (QED) is 0.331. The van der Waals surface area contributed by atoms with Crippen molar-refractivity contribution in [1.82, 2.24) is 20.4 Å². The van der Waals surface area contributed by atoms with Gasteiger partial charge >= 0.3 is 6.61 Å². The molecule has 0 aliphatic carbocycles. The molecule has 0 amide bonds. The number of nitrogens with zero attached hydrogens (tertiary/aromatic N) is 3. The third kappa shape index (κ3) is 7.05. The number of halogens is 2. The Morgan fingerprint density at radius 2 is 1.88 bits per heavy atom. The third-order valence-electron chi connectivity index (χ3n) is 4.67. The standard InChI is InChI=1S/C23H27F2N5O2/c1-2-26-23(28-16-21(31)18-6-10-20(11-7-18)32-22(24)25)27-14-12-17-4-8-19(9-5-17)30-15-3-13-29-30/h3-11,13,15,21-22,31H,2,12,14,16H2,1H3,(H2,26,27,28). The Bertz CT molecular complexity index is 961. The molecule has 0 aliphatic rings. The van der Waals surface area contributed by atoms with Gasteiger partial charge in [-0.1, -0.05) is 24.3 Å². The number of guanidine groups is 1. The summed E-state index contributed by atoms with van der Waals surface area (Å²) < 4.78 is 30.6. The Hall–Kier alpha value is -3.46. The second-order valence-electron chi connectivity index (χ2n) is 6.98. The largest absolute Gasteiger partial charge is 0.435 e. The number of benzene rings is 2. The number of aromatic nitrogens is 2. The highest BCUT2D eigenvalue weighted by Crippen LogP contribution is 2.19. The number of rotatable bonds is 10. The second-order valence-corrected chi connectivity index (χ2v) is 6.98. The Morgan fingerprint density at radius 1 is 1.12 bits per heavy atom. The summed E-state index contributed by atoms with van der Waals surface area (Å²) in [6.07, 6.45) is 3.59. The topological polar surface area (TPSA) is 83.7 Å². The van der Waals surface area contributed by atoms with E-state index in [2.05, 4.69) is 37.6 Å². The molecule has 1 unspecified atom stereocenters. The number of ether oxygens (including phenoxy) is 1. The minimum Gasteiger partial charge on any atom is -0.435 e. The molecule has 7 nitrogen and oxygen atoms in total. The average Bonchev–Trinajstić information content (AvgIpc) is 3.33. The van der Waals surface area contributed by atoms with E-state index in [1.165, 1.54) is 17.7 Å². The molecular weight excluding hydrogens is 416 g/mol. The van der Waals surface area contributed by atoms with Gasteiger partial charge in [0.15, 0.2) is 5.96 Å². The molecule has 1 heterocycles. The van der Waals surface area contributed by atoms with E-state index in [1.54, 1.807) is 18.3 Å². The Labute approximate surface area is 185 Å². The molecule has 0 aliphatic heterocycles. The number of alkyl halides is 2. The van der Waals surface area contributed by atoms with E-state index in [9.17, 15) is 13.9 Å². The first-order valence-electron chi connectivity index (χ1n) is 10.4. The van der Waals surface area contributed by atoms with Crippen molar-refractivity contribution in [1.29, 1.82) is 0 Å². The van der Waals surface area contributed by atoms with Gasteiger partial charge in [0.25, 0.3) is 0 Å². The zero-order valence-corrected chi connectivity index (χ0v) is 17.8. The highest BCUT2D eigenvalue weighted by atomic mass is 19.3. The zero-order valence-electron chi connectivity index (χ0n) is 17.8. The summed E-state index contributed by atoms with van der Waals surface area (Å²) in [5, 5.41) is 21.0. The minimum absolute atomic E-state index is 0.0483. The van der Waals surface area contributed by atoms with Gasteiger partial charge in [0.2, 0.25) is 0 Å². The SMILES string of the molecule is CCNC(=NCC(O)c1ccc(OC(F)F)cc1)NCCc1ccc(-n2cccn2)cc1. The van der Waals surface area contributed by atoms with Crippen molar-refractivity contribution in [2.24, 2.45) is 4.99 Å². The number of aliphatic imine (C=N–C) groups is 1. The lowest BCUT2D eigenvalue weighted by Gasteiger charge is -2.14. The summed E-state index contributed by atoms with van der Waals surface area (Å²) in [6, 6.07) is 15.9. The van der Waals surface area contributed by atoms with Crippen molar-refractivity contribution in [3.05, 3.63) is 78.1 Å². The zero-order chi connectivity index (χ0) is 22.8. The van der Waals surface area contributed by atoms with Crippen molar-refractivity contribution in [2.45, 2.75) is 26.1 Å². The maximum absolute atomic E-state index is 12.2. The lowest BCUT2D eigenvalue weighted by atomic mass is 10.1. The van der Waals surface area contributed by atoms with Gasteiger partial charge in [-0.25, -0.2) is 4.68 Å². The van der Waals surface area contributed by atoms with Crippen LogP contribution in [0.25, 0.3) is 5.69 Å². The van der Waals surface area contributed by atoms with E-state index in [4.69, 9.17) is 0 Å². The normalized spacial score (nSPS) is 12.6. The molecule has 0 bridgehead atoms. The average molecular weight is 443 g/mol. The predicted octanol–water partition coefficient (Wildman–Crippen LogP) is 3.30. The number of nitrogens with one attached hydrogen (secondary N) is 2. The summed E-state index contributed by atoms with van der Waals surface area (Å²) in [4.78, 5) is 4.42. The maximum atomic E-state index is 12.2. The molecule has 0 radical (unpaired) electrons. The number of hydrogen-bond acceptors (Lipinski definition) is 4. The molecular formula is C23H27F2N5O2. The van der Waals surface area contributed by atoms with E-state index >= 15 is 0 Å². The van der Waals surface area contributed by atoms with Crippen LogP contribution in [0.3, 0.4) is 0 Å². The molecule has 1 atom stereocenters. The van der Waals surface area contributed by atoms with Crippen LogP contribution in [0.2, 0.25) is 0 Å². The molecule has 170 valence electrons. The van der Waals surface area contributed by atoms with Crippen LogP contribution in [0, 0.1) is 0 Å². The second kappa shape index (κ2) is 11.8. The third-order valence-corrected chi connectivity index (χ3v) is 4.67. The first-order valence-corrected chi connectivity index (χ1v) is 10.4. The molecule has 32 heavy (non-hydrogen) atoms. The van der Waals surface area contributed by atoms with Crippen LogP contribution in [0.1, 0.15) is 24.2 Å².